The number of benzene rings is 4. The Hall–Kier alpha value is -4.71. The first-order chi connectivity index (χ1) is 17.9. The normalized spacial score (nSPS) is 15.2. The van der Waals surface area contributed by atoms with E-state index in [-0.39, 0.29) is 0 Å². The van der Waals surface area contributed by atoms with E-state index in [0.717, 1.165) is 16.0 Å². The maximum Gasteiger partial charge on any atom is 0.326 e. The number of amides is 4. The van der Waals surface area contributed by atoms with Crippen LogP contribution in [0, 0.1) is 13.8 Å². The summed E-state index contributed by atoms with van der Waals surface area (Å²) >= 11 is 0. The molecule has 5 rings (SSSR count). The molecule has 1 atom stereocenters. The van der Waals surface area contributed by atoms with E-state index in [0.29, 0.717) is 22.4 Å². The Balaban J connectivity index is 1.62. The van der Waals surface area contributed by atoms with Gasteiger partial charge in [-0.05, 0) is 53.8 Å². The summed E-state index contributed by atoms with van der Waals surface area (Å²) in [5.74, 6) is -0.990. The average Bonchev–Trinajstić information content (AvgIpc) is 3.16. The number of nitrogens with zero attached hydrogens (tertiary/aromatic N) is 1. The van der Waals surface area contributed by atoms with Gasteiger partial charge in [-0.25, -0.2) is 9.69 Å². The van der Waals surface area contributed by atoms with Crippen molar-refractivity contribution in [3.05, 3.63) is 137 Å². The third-order valence-corrected chi connectivity index (χ3v) is 6.58. The lowest BCUT2D eigenvalue weighted by atomic mass is 9.82. The number of nitrogens with one attached hydrogen (secondary N) is 2. The van der Waals surface area contributed by atoms with Gasteiger partial charge in [0.25, 0.3) is 11.8 Å². The van der Waals surface area contributed by atoms with E-state index in [2.05, 4.69) is 10.6 Å². The molecule has 1 aliphatic rings. The second-order valence-corrected chi connectivity index (χ2v) is 9.27. The van der Waals surface area contributed by atoms with Gasteiger partial charge in [0.15, 0.2) is 5.54 Å². The molecule has 1 aliphatic heterocycles. The molecule has 4 aromatic rings. The summed E-state index contributed by atoms with van der Waals surface area (Å²) in [6.45, 7) is 3.89. The highest BCUT2D eigenvalue weighted by Crippen LogP contribution is 2.39. The first kappa shape index (κ1) is 24.0. The summed E-state index contributed by atoms with van der Waals surface area (Å²) in [7, 11) is 0. The summed E-state index contributed by atoms with van der Waals surface area (Å²) < 4.78 is 0. The number of urea groups is 1. The van der Waals surface area contributed by atoms with Crippen molar-refractivity contribution in [1.29, 1.82) is 0 Å². The van der Waals surface area contributed by atoms with E-state index in [1.807, 2.05) is 98.8 Å². The lowest BCUT2D eigenvalue weighted by molar-refractivity contribution is -0.136. The van der Waals surface area contributed by atoms with Gasteiger partial charge in [0.2, 0.25) is 0 Å². The van der Waals surface area contributed by atoms with Crippen LogP contribution in [-0.4, -0.2) is 22.7 Å². The lowest BCUT2D eigenvalue weighted by Crippen LogP contribution is -2.46. The molecule has 4 aromatic carbocycles. The van der Waals surface area contributed by atoms with Crippen LogP contribution in [0.25, 0.3) is 0 Å². The van der Waals surface area contributed by atoms with Gasteiger partial charge in [0, 0.05) is 5.69 Å². The lowest BCUT2D eigenvalue weighted by Gasteiger charge is -2.30. The third-order valence-electron chi connectivity index (χ3n) is 6.58. The van der Waals surface area contributed by atoms with Gasteiger partial charge in [-0.1, -0.05) is 97.1 Å². The van der Waals surface area contributed by atoms with Crippen LogP contribution in [0.4, 0.5) is 10.5 Å². The molecule has 0 bridgehead atoms. The van der Waals surface area contributed by atoms with Crippen LogP contribution in [0.1, 0.15) is 33.9 Å². The molecule has 0 radical (unpaired) electrons. The van der Waals surface area contributed by atoms with E-state index in [1.165, 1.54) is 0 Å². The maximum atomic E-state index is 14.4. The molecule has 0 saturated carbocycles. The molecule has 0 unspecified atom stereocenters. The van der Waals surface area contributed by atoms with E-state index >= 15 is 0 Å². The van der Waals surface area contributed by atoms with Crippen LogP contribution in [-0.2, 0) is 15.1 Å². The van der Waals surface area contributed by atoms with Gasteiger partial charge < -0.3 is 10.6 Å². The molecule has 37 heavy (non-hydrogen) atoms. The van der Waals surface area contributed by atoms with E-state index in [4.69, 9.17) is 0 Å². The molecule has 0 spiro atoms. The smallest absolute Gasteiger partial charge is 0.324 e. The average molecular weight is 490 g/mol. The van der Waals surface area contributed by atoms with Crippen LogP contribution in [0.15, 0.2) is 109 Å². The number of aryl methyl sites for hydroxylation is 2. The van der Waals surface area contributed by atoms with Gasteiger partial charge >= 0.3 is 6.03 Å². The summed E-state index contributed by atoms with van der Waals surface area (Å²) in [5.41, 5.74) is 2.89. The quantitative estimate of drug-likeness (QED) is 0.352. The van der Waals surface area contributed by atoms with Crippen molar-refractivity contribution in [2.75, 3.05) is 5.32 Å². The Morgan fingerprint density at radius 3 is 1.76 bits per heavy atom. The second kappa shape index (κ2) is 9.74. The largest absolute Gasteiger partial charge is 0.326 e. The molecule has 2 N–H and O–H groups in total. The fraction of sp³-hybridized carbons (Fsp3) is 0.129. The number of hydrogen-bond donors (Lipinski definition) is 2. The topological polar surface area (TPSA) is 78.5 Å². The first-order valence-corrected chi connectivity index (χ1v) is 12.1. The van der Waals surface area contributed by atoms with Crippen molar-refractivity contribution in [2.45, 2.75) is 25.4 Å². The SMILES string of the molecule is Cc1cc(C)cc(NC(=O)[C@H](c2ccccc2)N2C(=O)NC(c3ccccc3)(c3ccccc3)C2=O)c1. The monoisotopic (exact) mass is 489 g/mol. The van der Waals surface area contributed by atoms with Crippen molar-refractivity contribution in [3.8, 4) is 0 Å². The second-order valence-electron chi connectivity index (χ2n) is 9.27. The number of anilines is 1. The molecular formula is C31H27N3O3. The predicted molar refractivity (Wildman–Crippen MR) is 143 cm³/mol. The predicted octanol–water partition coefficient (Wildman–Crippen LogP) is 5.48. The molecule has 184 valence electrons. The Morgan fingerprint density at radius 2 is 1.24 bits per heavy atom. The Labute approximate surface area is 215 Å². The number of rotatable bonds is 6. The zero-order valence-corrected chi connectivity index (χ0v) is 20.6. The summed E-state index contributed by atoms with van der Waals surface area (Å²) in [6, 6.07) is 31.0. The van der Waals surface area contributed by atoms with Gasteiger partial charge in [-0.15, -0.1) is 0 Å². The first-order valence-electron chi connectivity index (χ1n) is 12.1. The molecule has 6 nitrogen and oxygen atoms in total. The minimum Gasteiger partial charge on any atom is -0.324 e. The van der Waals surface area contributed by atoms with Crippen molar-refractivity contribution < 1.29 is 14.4 Å². The number of carbonyl (C=O) groups excluding carboxylic acids is 3. The number of imide groups is 1. The molecule has 4 amide bonds. The highest BCUT2D eigenvalue weighted by molar-refractivity contribution is 6.13. The van der Waals surface area contributed by atoms with Crippen molar-refractivity contribution in [1.82, 2.24) is 10.2 Å². The molecular weight excluding hydrogens is 462 g/mol. The van der Waals surface area contributed by atoms with Crippen LogP contribution >= 0.6 is 0 Å². The van der Waals surface area contributed by atoms with Crippen LogP contribution in [0.5, 0.6) is 0 Å². The minimum atomic E-state index is -1.47. The Morgan fingerprint density at radius 1 is 0.757 bits per heavy atom. The van der Waals surface area contributed by atoms with Crippen LogP contribution in [0.2, 0.25) is 0 Å². The van der Waals surface area contributed by atoms with Crippen molar-refractivity contribution in [2.24, 2.45) is 0 Å². The summed E-state index contributed by atoms with van der Waals surface area (Å²) in [4.78, 5) is 42.9. The van der Waals surface area contributed by atoms with Crippen LogP contribution < -0.4 is 10.6 Å². The van der Waals surface area contributed by atoms with E-state index in [1.54, 1.807) is 24.3 Å². The highest BCUT2D eigenvalue weighted by Gasteiger charge is 2.56. The van der Waals surface area contributed by atoms with Crippen molar-refractivity contribution in [3.63, 3.8) is 0 Å². The molecule has 1 saturated heterocycles. The van der Waals surface area contributed by atoms with E-state index in [9.17, 15) is 14.4 Å². The number of carbonyl (C=O) groups is 3. The highest BCUT2D eigenvalue weighted by atomic mass is 16.2. The zero-order valence-electron chi connectivity index (χ0n) is 20.6. The fourth-order valence-electron chi connectivity index (χ4n) is 5.03. The molecule has 1 heterocycles. The van der Waals surface area contributed by atoms with Crippen molar-refractivity contribution >= 4 is 23.5 Å². The standard InChI is InChI=1S/C31H27N3O3/c1-21-18-22(2)20-26(19-21)32-28(35)27(23-12-6-3-7-13-23)34-29(36)31(33-30(34)37,24-14-8-4-9-15-24)25-16-10-5-11-17-25/h3-20,27H,1-2H3,(H,32,35)(H,33,37)/t27-/m0/s1. The van der Waals surface area contributed by atoms with Gasteiger partial charge in [-0.2, -0.15) is 0 Å². The third kappa shape index (κ3) is 4.38. The van der Waals surface area contributed by atoms with Gasteiger partial charge in [-0.3, -0.25) is 9.59 Å². The zero-order chi connectivity index (χ0) is 26.0. The summed E-state index contributed by atoms with van der Waals surface area (Å²) in [6.07, 6.45) is 0. The minimum absolute atomic E-state index is 0.475. The molecule has 0 aromatic heterocycles. The molecule has 1 fully saturated rings. The molecule has 6 heteroatoms. The molecule has 0 aliphatic carbocycles. The van der Waals surface area contributed by atoms with Gasteiger partial charge in [0.05, 0.1) is 0 Å². The number of hydrogen-bond acceptors (Lipinski definition) is 3. The maximum absolute atomic E-state index is 14.4. The fourth-order valence-corrected chi connectivity index (χ4v) is 5.03. The summed E-state index contributed by atoms with van der Waals surface area (Å²) in [5, 5.41) is 5.88. The van der Waals surface area contributed by atoms with Gasteiger partial charge in [0.1, 0.15) is 6.04 Å². The Kier molecular flexibility index (Phi) is 6.32. The van der Waals surface area contributed by atoms with Crippen LogP contribution in [0.3, 0.4) is 0 Å². The van der Waals surface area contributed by atoms with E-state index < -0.39 is 29.4 Å². The Bertz CT molecular complexity index is 1390.